The Morgan fingerprint density at radius 2 is 1.71 bits per heavy atom. The highest BCUT2D eigenvalue weighted by Crippen LogP contribution is 2.37. The Kier molecular flexibility index (Phi) is 7.16. The average Bonchev–Trinajstić information content (AvgIpc) is 2.86. The first kappa shape index (κ1) is 24.4. The van der Waals surface area contributed by atoms with E-state index < -0.39 is 22.0 Å². The molecular weight excluding hydrogens is 468 g/mol. The van der Waals surface area contributed by atoms with Gasteiger partial charge in [0.1, 0.15) is 12.4 Å². The van der Waals surface area contributed by atoms with E-state index in [1.165, 1.54) is 4.31 Å². The number of sulfonamides is 1. The van der Waals surface area contributed by atoms with Gasteiger partial charge in [0.15, 0.2) is 17.6 Å². The highest BCUT2D eigenvalue weighted by Gasteiger charge is 2.37. The van der Waals surface area contributed by atoms with Gasteiger partial charge < -0.3 is 19.5 Å². The third-order valence-electron chi connectivity index (χ3n) is 5.61. The van der Waals surface area contributed by atoms with Crippen LogP contribution in [0.3, 0.4) is 0 Å². The number of amides is 1. The fraction of sp³-hybridized carbons (Fsp3) is 0.269. The van der Waals surface area contributed by atoms with E-state index in [0.717, 1.165) is 11.1 Å². The number of benzene rings is 3. The minimum Gasteiger partial charge on any atom is -0.493 e. The van der Waals surface area contributed by atoms with Crippen molar-refractivity contribution >= 4 is 21.6 Å². The molecule has 3 aromatic rings. The van der Waals surface area contributed by atoms with E-state index in [1.54, 1.807) is 55.6 Å². The minimum absolute atomic E-state index is 0.147. The molecule has 0 aliphatic carbocycles. The Labute approximate surface area is 205 Å². The lowest BCUT2D eigenvalue weighted by Crippen LogP contribution is -2.51. The maximum Gasteiger partial charge on any atom is 0.264 e. The normalized spacial score (nSPS) is 15.1. The summed E-state index contributed by atoms with van der Waals surface area (Å²) in [6, 6.07) is 19.1. The SMILES string of the molecule is COc1ccccc1OCCNC(=O)[C@@H]1CN(S(=O)(=O)c2ccc(C)cc2)c2cc(C)ccc2O1. The molecule has 0 spiro atoms. The average molecular weight is 497 g/mol. The van der Waals surface area contributed by atoms with Crippen molar-refractivity contribution in [1.29, 1.82) is 0 Å². The van der Waals surface area contributed by atoms with Crippen LogP contribution < -0.4 is 23.8 Å². The van der Waals surface area contributed by atoms with Crippen LogP contribution in [0.4, 0.5) is 5.69 Å². The van der Waals surface area contributed by atoms with Crippen molar-refractivity contribution in [3.63, 3.8) is 0 Å². The Morgan fingerprint density at radius 1 is 1.03 bits per heavy atom. The summed E-state index contributed by atoms with van der Waals surface area (Å²) in [6.45, 7) is 4.04. The van der Waals surface area contributed by atoms with Crippen molar-refractivity contribution in [2.45, 2.75) is 24.8 Å². The Balaban J connectivity index is 1.49. The van der Waals surface area contributed by atoms with E-state index >= 15 is 0 Å². The molecule has 1 atom stereocenters. The third kappa shape index (κ3) is 5.35. The predicted octanol–water partition coefficient (Wildman–Crippen LogP) is 3.46. The molecule has 0 bridgehead atoms. The molecule has 8 nitrogen and oxygen atoms in total. The Hall–Kier alpha value is -3.72. The van der Waals surface area contributed by atoms with Crippen LogP contribution in [0.5, 0.6) is 17.2 Å². The standard InChI is InChI=1S/C26H28N2O6S/c1-18-8-11-20(12-9-18)35(30,31)28-17-25(34-22-13-10-19(2)16-21(22)28)26(29)27-14-15-33-24-7-5-4-6-23(24)32-3/h4-13,16,25H,14-15,17H2,1-3H3,(H,27,29)/t25-/m0/s1. The molecule has 0 radical (unpaired) electrons. The minimum atomic E-state index is -3.91. The second-order valence-electron chi connectivity index (χ2n) is 8.22. The number of nitrogens with one attached hydrogen (secondary N) is 1. The molecule has 35 heavy (non-hydrogen) atoms. The van der Waals surface area contributed by atoms with Gasteiger partial charge in [-0.15, -0.1) is 0 Å². The van der Waals surface area contributed by atoms with Gasteiger partial charge in [-0.25, -0.2) is 8.42 Å². The summed E-state index contributed by atoms with van der Waals surface area (Å²) in [7, 11) is -2.35. The molecule has 1 N–H and O–H groups in total. The van der Waals surface area contributed by atoms with Gasteiger partial charge in [-0.3, -0.25) is 9.10 Å². The number of carbonyl (C=O) groups is 1. The topological polar surface area (TPSA) is 94.2 Å². The van der Waals surface area contributed by atoms with Crippen molar-refractivity contribution < 1.29 is 27.4 Å². The van der Waals surface area contributed by atoms with E-state index in [4.69, 9.17) is 14.2 Å². The van der Waals surface area contributed by atoms with Gasteiger partial charge in [-0.2, -0.15) is 0 Å². The maximum absolute atomic E-state index is 13.5. The van der Waals surface area contributed by atoms with Crippen LogP contribution in [-0.2, 0) is 14.8 Å². The Bertz CT molecular complexity index is 1310. The fourth-order valence-electron chi connectivity index (χ4n) is 3.75. The molecule has 0 unspecified atom stereocenters. The third-order valence-corrected chi connectivity index (χ3v) is 7.41. The van der Waals surface area contributed by atoms with Gasteiger partial charge in [0.05, 0.1) is 30.8 Å². The number of methoxy groups -OCH3 is 1. The summed E-state index contributed by atoms with van der Waals surface area (Å²) in [5, 5.41) is 2.77. The number of aryl methyl sites for hydroxylation is 2. The molecule has 0 aromatic heterocycles. The summed E-state index contributed by atoms with van der Waals surface area (Å²) in [5.41, 5.74) is 2.25. The van der Waals surface area contributed by atoms with Gasteiger partial charge in [0.25, 0.3) is 15.9 Å². The number of hydrogen-bond donors (Lipinski definition) is 1. The van der Waals surface area contributed by atoms with Crippen LogP contribution in [-0.4, -0.2) is 47.2 Å². The van der Waals surface area contributed by atoms with Gasteiger partial charge >= 0.3 is 0 Å². The largest absolute Gasteiger partial charge is 0.493 e. The number of nitrogens with zero attached hydrogens (tertiary/aromatic N) is 1. The zero-order valence-corrected chi connectivity index (χ0v) is 20.7. The lowest BCUT2D eigenvalue weighted by atomic mass is 10.1. The summed E-state index contributed by atoms with van der Waals surface area (Å²) >= 11 is 0. The number of carbonyl (C=O) groups excluding carboxylic acids is 1. The van der Waals surface area contributed by atoms with Crippen molar-refractivity contribution in [2.24, 2.45) is 0 Å². The fourth-order valence-corrected chi connectivity index (χ4v) is 5.22. The van der Waals surface area contributed by atoms with Crippen molar-refractivity contribution in [2.75, 3.05) is 31.1 Å². The monoisotopic (exact) mass is 496 g/mol. The van der Waals surface area contributed by atoms with Crippen LogP contribution in [0, 0.1) is 13.8 Å². The molecule has 9 heteroatoms. The molecule has 0 fully saturated rings. The summed E-state index contributed by atoms with van der Waals surface area (Å²) < 4.78 is 45.1. The highest BCUT2D eigenvalue weighted by molar-refractivity contribution is 7.92. The van der Waals surface area contributed by atoms with E-state index in [-0.39, 0.29) is 24.6 Å². The van der Waals surface area contributed by atoms with Gasteiger partial charge in [-0.05, 0) is 55.8 Å². The predicted molar refractivity (Wildman–Crippen MR) is 133 cm³/mol. The summed E-state index contributed by atoms with van der Waals surface area (Å²) in [5.74, 6) is 1.07. The van der Waals surface area contributed by atoms with Crippen molar-refractivity contribution in [1.82, 2.24) is 5.32 Å². The van der Waals surface area contributed by atoms with E-state index in [9.17, 15) is 13.2 Å². The van der Waals surface area contributed by atoms with Crippen LogP contribution in [0.2, 0.25) is 0 Å². The van der Waals surface area contributed by atoms with Crippen LogP contribution in [0.1, 0.15) is 11.1 Å². The summed E-state index contributed by atoms with van der Waals surface area (Å²) in [6.07, 6.45) is -1.02. The second-order valence-corrected chi connectivity index (χ2v) is 10.1. The molecule has 1 heterocycles. The molecule has 3 aromatic carbocycles. The molecule has 0 saturated carbocycles. The zero-order valence-electron chi connectivity index (χ0n) is 19.9. The number of fused-ring (bicyclic) bond motifs is 1. The number of para-hydroxylation sites is 2. The molecule has 1 amide bonds. The number of ether oxygens (including phenoxy) is 3. The first-order valence-electron chi connectivity index (χ1n) is 11.2. The number of rotatable bonds is 8. The molecule has 184 valence electrons. The first-order valence-corrected chi connectivity index (χ1v) is 12.6. The van der Waals surface area contributed by atoms with Gasteiger partial charge in [-0.1, -0.05) is 35.9 Å². The van der Waals surface area contributed by atoms with Crippen LogP contribution >= 0.6 is 0 Å². The van der Waals surface area contributed by atoms with Crippen LogP contribution in [0.25, 0.3) is 0 Å². The maximum atomic E-state index is 13.5. The molecule has 0 saturated heterocycles. The smallest absolute Gasteiger partial charge is 0.264 e. The first-order chi connectivity index (χ1) is 16.8. The quantitative estimate of drug-likeness (QED) is 0.480. The molecule has 4 rings (SSSR count). The molecular formula is C26H28N2O6S. The molecule has 1 aliphatic rings. The van der Waals surface area contributed by atoms with Gasteiger partial charge in [0.2, 0.25) is 0 Å². The van der Waals surface area contributed by atoms with Gasteiger partial charge in [0, 0.05) is 0 Å². The number of anilines is 1. The Morgan fingerprint density at radius 3 is 2.43 bits per heavy atom. The van der Waals surface area contributed by atoms with E-state index in [2.05, 4.69) is 5.32 Å². The summed E-state index contributed by atoms with van der Waals surface area (Å²) in [4.78, 5) is 13.1. The second kappa shape index (κ2) is 10.3. The van der Waals surface area contributed by atoms with E-state index in [0.29, 0.717) is 22.9 Å². The lowest BCUT2D eigenvalue weighted by Gasteiger charge is -2.35. The number of hydrogen-bond acceptors (Lipinski definition) is 6. The zero-order chi connectivity index (χ0) is 25.0. The van der Waals surface area contributed by atoms with Crippen molar-refractivity contribution in [3.05, 3.63) is 77.9 Å². The van der Waals surface area contributed by atoms with Crippen LogP contribution in [0.15, 0.2) is 71.6 Å². The highest BCUT2D eigenvalue weighted by atomic mass is 32.2. The lowest BCUT2D eigenvalue weighted by molar-refractivity contribution is -0.127. The van der Waals surface area contributed by atoms with E-state index in [1.807, 2.05) is 32.0 Å². The van der Waals surface area contributed by atoms with Crippen molar-refractivity contribution in [3.8, 4) is 17.2 Å². The molecule has 1 aliphatic heterocycles.